The molecule has 0 radical (unpaired) electrons. The molecule has 3 nitrogen and oxygen atoms in total. The number of pyridine rings is 1. The minimum atomic E-state index is 0.674. The fourth-order valence-electron chi connectivity index (χ4n) is 2.66. The third kappa shape index (κ3) is 4.39. The third-order valence-corrected chi connectivity index (χ3v) is 3.54. The highest BCUT2D eigenvalue weighted by atomic mass is 15.2. The number of hydrogen-bond acceptors (Lipinski definition) is 3. The molecule has 1 aromatic heterocycles. The number of nitrogens with zero attached hydrogens (tertiary/aromatic N) is 2. The Hall–Kier alpha value is -0.930. The molecule has 0 spiro atoms. The first-order valence-electron chi connectivity index (χ1n) is 7.08. The van der Waals surface area contributed by atoms with Crippen molar-refractivity contribution in [1.29, 1.82) is 0 Å². The van der Waals surface area contributed by atoms with Crippen LogP contribution >= 0.6 is 0 Å². The SMILES string of the molecule is CC(C)CC1CN(CCc2cccnc2)CCN1. The molecule has 0 aliphatic carbocycles. The van der Waals surface area contributed by atoms with Crippen LogP contribution in [0.1, 0.15) is 25.8 Å². The van der Waals surface area contributed by atoms with Crippen molar-refractivity contribution in [3.63, 3.8) is 0 Å². The molecular weight excluding hydrogens is 222 g/mol. The number of nitrogens with one attached hydrogen (secondary N) is 1. The lowest BCUT2D eigenvalue weighted by molar-refractivity contribution is 0.188. The highest BCUT2D eigenvalue weighted by molar-refractivity contribution is 5.08. The van der Waals surface area contributed by atoms with E-state index in [-0.39, 0.29) is 0 Å². The number of hydrogen-bond donors (Lipinski definition) is 1. The fourth-order valence-corrected chi connectivity index (χ4v) is 2.66. The molecule has 0 amide bonds. The monoisotopic (exact) mass is 247 g/mol. The van der Waals surface area contributed by atoms with Gasteiger partial charge < -0.3 is 10.2 Å². The minimum Gasteiger partial charge on any atom is -0.311 e. The largest absolute Gasteiger partial charge is 0.311 e. The molecule has 2 heterocycles. The molecule has 1 aliphatic rings. The first-order valence-corrected chi connectivity index (χ1v) is 7.08. The van der Waals surface area contributed by atoms with E-state index in [1.807, 2.05) is 18.5 Å². The van der Waals surface area contributed by atoms with E-state index in [2.05, 4.69) is 35.1 Å². The van der Waals surface area contributed by atoms with Gasteiger partial charge in [0, 0.05) is 44.6 Å². The molecule has 1 atom stereocenters. The van der Waals surface area contributed by atoms with Gasteiger partial charge in [-0.15, -0.1) is 0 Å². The van der Waals surface area contributed by atoms with Crippen molar-refractivity contribution in [2.45, 2.75) is 32.7 Å². The summed E-state index contributed by atoms with van der Waals surface area (Å²) in [4.78, 5) is 6.75. The molecular formula is C15H25N3. The van der Waals surface area contributed by atoms with Crippen LogP contribution in [0.15, 0.2) is 24.5 Å². The van der Waals surface area contributed by atoms with Crippen molar-refractivity contribution in [1.82, 2.24) is 15.2 Å². The summed E-state index contributed by atoms with van der Waals surface area (Å²) in [5.41, 5.74) is 1.34. The summed E-state index contributed by atoms with van der Waals surface area (Å²) in [6.45, 7) is 9.26. The van der Waals surface area contributed by atoms with E-state index in [0.29, 0.717) is 6.04 Å². The Kier molecular flexibility index (Phi) is 5.14. The summed E-state index contributed by atoms with van der Waals surface area (Å²) in [6.07, 6.45) is 6.21. The van der Waals surface area contributed by atoms with E-state index in [9.17, 15) is 0 Å². The lowest BCUT2D eigenvalue weighted by Crippen LogP contribution is -2.51. The minimum absolute atomic E-state index is 0.674. The molecule has 1 saturated heterocycles. The van der Waals surface area contributed by atoms with Gasteiger partial charge in [-0.3, -0.25) is 4.98 Å². The summed E-state index contributed by atoms with van der Waals surface area (Å²) in [5, 5.41) is 3.62. The van der Waals surface area contributed by atoms with Gasteiger partial charge in [-0.1, -0.05) is 19.9 Å². The van der Waals surface area contributed by atoms with E-state index >= 15 is 0 Å². The summed E-state index contributed by atoms with van der Waals surface area (Å²) in [5.74, 6) is 0.778. The summed E-state index contributed by atoms with van der Waals surface area (Å²) in [7, 11) is 0. The predicted octanol–water partition coefficient (Wildman–Crippen LogP) is 1.94. The number of piperazine rings is 1. The van der Waals surface area contributed by atoms with Gasteiger partial charge in [-0.2, -0.15) is 0 Å². The summed E-state index contributed by atoms with van der Waals surface area (Å²) < 4.78 is 0. The smallest absolute Gasteiger partial charge is 0.0300 e. The van der Waals surface area contributed by atoms with Crippen LogP contribution in [-0.2, 0) is 6.42 Å². The van der Waals surface area contributed by atoms with Gasteiger partial charge in [0.2, 0.25) is 0 Å². The average Bonchev–Trinajstić information content (AvgIpc) is 2.37. The molecule has 2 rings (SSSR count). The van der Waals surface area contributed by atoms with Crippen LogP contribution in [0.5, 0.6) is 0 Å². The van der Waals surface area contributed by atoms with Gasteiger partial charge in [0.05, 0.1) is 0 Å². The van der Waals surface area contributed by atoms with Gasteiger partial charge in [0.1, 0.15) is 0 Å². The molecule has 0 aromatic carbocycles. The first-order chi connectivity index (χ1) is 8.74. The average molecular weight is 247 g/mol. The van der Waals surface area contributed by atoms with Crippen LogP contribution in [0.2, 0.25) is 0 Å². The lowest BCUT2D eigenvalue weighted by Gasteiger charge is -2.34. The second-order valence-corrected chi connectivity index (χ2v) is 5.69. The topological polar surface area (TPSA) is 28.2 Å². The highest BCUT2D eigenvalue weighted by Crippen LogP contribution is 2.10. The zero-order chi connectivity index (χ0) is 12.8. The Morgan fingerprint density at radius 1 is 1.50 bits per heavy atom. The maximum Gasteiger partial charge on any atom is 0.0300 e. The maximum absolute atomic E-state index is 4.17. The van der Waals surface area contributed by atoms with Crippen molar-refractivity contribution in [3.05, 3.63) is 30.1 Å². The van der Waals surface area contributed by atoms with E-state index < -0.39 is 0 Å². The molecule has 1 aliphatic heterocycles. The maximum atomic E-state index is 4.17. The van der Waals surface area contributed by atoms with E-state index in [4.69, 9.17) is 0 Å². The zero-order valence-electron chi connectivity index (χ0n) is 11.6. The van der Waals surface area contributed by atoms with Gasteiger partial charge >= 0.3 is 0 Å². The van der Waals surface area contributed by atoms with Crippen LogP contribution in [0.25, 0.3) is 0 Å². The predicted molar refractivity (Wildman–Crippen MR) is 75.6 cm³/mol. The van der Waals surface area contributed by atoms with E-state index in [1.165, 1.54) is 25.1 Å². The number of rotatable bonds is 5. The third-order valence-electron chi connectivity index (χ3n) is 3.54. The van der Waals surface area contributed by atoms with E-state index in [0.717, 1.165) is 25.4 Å². The molecule has 100 valence electrons. The summed E-state index contributed by atoms with van der Waals surface area (Å²) in [6, 6.07) is 4.86. The Labute approximate surface area is 111 Å². The van der Waals surface area contributed by atoms with E-state index in [1.54, 1.807) is 0 Å². The molecule has 1 N–H and O–H groups in total. The second kappa shape index (κ2) is 6.86. The van der Waals surface area contributed by atoms with Crippen LogP contribution in [0, 0.1) is 5.92 Å². The number of aromatic nitrogens is 1. The molecule has 1 unspecified atom stereocenters. The van der Waals surface area contributed by atoms with Crippen LogP contribution in [-0.4, -0.2) is 42.1 Å². The summed E-state index contributed by atoms with van der Waals surface area (Å²) >= 11 is 0. The van der Waals surface area contributed by atoms with Crippen LogP contribution in [0.4, 0.5) is 0 Å². The first kappa shape index (κ1) is 13.5. The van der Waals surface area contributed by atoms with Gasteiger partial charge in [0.15, 0.2) is 0 Å². The van der Waals surface area contributed by atoms with Crippen LogP contribution in [0.3, 0.4) is 0 Å². The standard InChI is InChI=1S/C15H25N3/c1-13(2)10-15-12-18(9-7-17-15)8-5-14-4-3-6-16-11-14/h3-4,6,11,13,15,17H,5,7-10,12H2,1-2H3. The molecule has 0 saturated carbocycles. The highest BCUT2D eigenvalue weighted by Gasteiger charge is 2.19. The van der Waals surface area contributed by atoms with Crippen molar-refractivity contribution >= 4 is 0 Å². The molecule has 1 fully saturated rings. The Balaban J connectivity index is 1.76. The lowest BCUT2D eigenvalue weighted by atomic mass is 10.0. The molecule has 0 bridgehead atoms. The Bertz CT molecular complexity index is 337. The fraction of sp³-hybridized carbons (Fsp3) is 0.667. The Morgan fingerprint density at radius 3 is 3.11 bits per heavy atom. The van der Waals surface area contributed by atoms with Crippen molar-refractivity contribution in [3.8, 4) is 0 Å². The second-order valence-electron chi connectivity index (χ2n) is 5.69. The normalized spacial score (nSPS) is 21.4. The van der Waals surface area contributed by atoms with Crippen molar-refractivity contribution in [2.75, 3.05) is 26.2 Å². The zero-order valence-corrected chi connectivity index (χ0v) is 11.6. The molecule has 18 heavy (non-hydrogen) atoms. The van der Waals surface area contributed by atoms with Gasteiger partial charge in [0.25, 0.3) is 0 Å². The quantitative estimate of drug-likeness (QED) is 0.862. The van der Waals surface area contributed by atoms with Crippen molar-refractivity contribution < 1.29 is 0 Å². The molecule has 1 aromatic rings. The Morgan fingerprint density at radius 2 is 2.39 bits per heavy atom. The van der Waals surface area contributed by atoms with Gasteiger partial charge in [-0.25, -0.2) is 0 Å². The van der Waals surface area contributed by atoms with Crippen molar-refractivity contribution in [2.24, 2.45) is 5.92 Å². The van der Waals surface area contributed by atoms with Gasteiger partial charge in [-0.05, 0) is 30.4 Å². The van der Waals surface area contributed by atoms with Crippen LogP contribution < -0.4 is 5.32 Å². The molecule has 3 heteroatoms.